The summed E-state index contributed by atoms with van der Waals surface area (Å²) in [6.07, 6.45) is 2.16. The highest BCUT2D eigenvalue weighted by Crippen LogP contribution is 2.29. The summed E-state index contributed by atoms with van der Waals surface area (Å²) in [7, 11) is 1.57. The fourth-order valence-electron chi connectivity index (χ4n) is 3.96. The minimum absolute atomic E-state index is 0.0493. The summed E-state index contributed by atoms with van der Waals surface area (Å²) >= 11 is 7.53. The van der Waals surface area contributed by atoms with Gasteiger partial charge < -0.3 is 20.7 Å². The fraction of sp³-hybridized carbons (Fsp3) is 0.121. The first kappa shape index (κ1) is 30.4. The molecule has 0 saturated carbocycles. The number of thioether (sulfide) groups is 1. The molecule has 214 valence electrons. The first-order chi connectivity index (χ1) is 20.3. The Morgan fingerprint density at radius 1 is 0.857 bits per heavy atom. The maximum Gasteiger partial charge on any atom is 0.272 e. The van der Waals surface area contributed by atoms with Crippen LogP contribution in [0.4, 0.5) is 11.4 Å². The van der Waals surface area contributed by atoms with Gasteiger partial charge in [-0.15, -0.1) is 11.8 Å². The highest BCUT2D eigenvalue weighted by molar-refractivity contribution is 8.00. The number of methoxy groups -OCH3 is 1. The minimum atomic E-state index is -0.510. The normalized spacial score (nSPS) is 11.7. The van der Waals surface area contributed by atoms with Crippen molar-refractivity contribution in [3.63, 3.8) is 0 Å². The summed E-state index contributed by atoms with van der Waals surface area (Å²) in [4.78, 5) is 40.1. The van der Waals surface area contributed by atoms with Crippen LogP contribution < -0.4 is 20.7 Å². The van der Waals surface area contributed by atoms with Gasteiger partial charge in [-0.3, -0.25) is 14.4 Å². The predicted molar refractivity (Wildman–Crippen MR) is 170 cm³/mol. The van der Waals surface area contributed by atoms with Gasteiger partial charge in [-0.2, -0.15) is 0 Å². The van der Waals surface area contributed by atoms with Gasteiger partial charge in [-0.1, -0.05) is 61.0 Å². The monoisotopic (exact) mass is 599 g/mol. The topological polar surface area (TPSA) is 96.5 Å². The maximum atomic E-state index is 13.4. The van der Waals surface area contributed by atoms with E-state index in [9.17, 15) is 14.4 Å². The van der Waals surface area contributed by atoms with Gasteiger partial charge in [-0.05, 0) is 72.7 Å². The molecular formula is C33H30ClN3O4S. The molecule has 1 atom stereocenters. The van der Waals surface area contributed by atoms with Crippen molar-refractivity contribution in [2.24, 2.45) is 0 Å². The van der Waals surface area contributed by atoms with Gasteiger partial charge in [0.25, 0.3) is 11.8 Å². The lowest BCUT2D eigenvalue weighted by atomic mass is 10.1. The predicted octanol–water partition coefficient (Wildman–Crippen LogP) is 7.27. The number of anilines is 2. The largest absolute Gasteiger partial charge is 0.497 e. The maximum absolute atomic E-state index is 13.4. The van der Waals surface area contributed by atoms with Crippen molar-refractivity contribution in [1.29, 1.82) is 0 Å². The van der Waals surface area contributed by atoms with Gasteiger partial charge >= 0.3 is 0 Å². The van der Waals surface area contributed by atoms with Crippen LogP contribution in [0.3, 0.4) is 0 Å². The van der Waals surface area contributed by atoms with Crippen LogP contribution in [-0.4, -0.2) is 30.1 Å². The van der Waals surface area contributed by atoms with Crippen molar-refractivity contribution < 1.29 is 19.1 Å². The van der Waals surface area contributed by atoms with Crippen LogP contribution in [0.1, 0.15) is 29.3 Å². The number of halogens is 1. The van der Waals surface area contributed by atoms with E-state index in [1.807, 2.05) is 31.2 Å². The van der Waals surface area contributed by atoms with E-state index in [0.717, 1.165) is 4.90 Å². The van der Waals surface area contributed by atoms with Gasteiger partial charge in [-0.25, -0.2) is 0 Å². The van der Waals surface area contributed by atoms with Crippen LogP contribution in [0, 0.1) is 0 Å². The molecule has 0 aliphatic carbocycles. The lowest BCUT2D eigenvalue weighted by Crippen LogP contribution is -2.30. The zero-order chi connectivity index (χ0) is 29.9. The smallest absolute Gasteiger partial charge is 0.272 e. The molecule has 0 radical (unpaired) electrons. The van der Waals surface area contributed by atoms with Crippen molar-refractivity contribution in [1.82, 2.24) is 5.32 Å². The highest BCUT2D eigenvalue weighted by atomic mass is 35.5. The molecule has 0 aliphatic heterocycles. The molecule has 0 bridgehead atoms. The minimum Gasteiger partial charge on any atom is -0.497 e. The van der Waals surface area contributed by atoms with Gasteiger partial charge in [0.1, 0.15) is 11.4 Å². The Morgan fingerprint density at radius 2 is 1.57 bits per heavy atom. The highest BCUT2D eigenvalue weighted by Gasteiger charge is 2.19. The van der Waals surface area contributed by atoms with Crippen LogP contribution in [0.5, 0.6) is 5.75 Å². The molecule has 0 heterocycles. The summed E-state index contributed by atoms with van der Waals surface area (Å²) in [5.74, 6) is -0.415. The second-order valence-electron chi connectivity index (χ2n) is 9.15. The quantitative estimate of drug-likeness (QED) is 0.124. The van der Waals surface area contributed by atoms with E-state index in [-0.39, 0.29) is 16.9 Å². The summed E-state index contributed by atoms with van der Waals surface area (Å²) in [5, 5.41) is 8.66. The third-order valence-electron chi connectivity index (χ3n) is 6.06. The average molecular weight is 600 g/mol. The number of amides is 3. The number of hydrogen-bond donors (Lipinski definition) is 3. The second-order valence-corrected chi connectivity index (χ2v) is 10.9. The summed E-state index contributed by atoms with van der Waals surface area (Å²) in [6.45, 7) is 1.94. The molecular weight excluding hydrogens is 570 g/mol. The summed E-state index contributed by atoms with van der Waals surface area (Å²) in [6, 6.07) is 30.0. The molecule has 9 heteroatoms. The van der Waals surface area contributed by atoms with E-state index >= 15 is 0 Å². The number of rotatable bonds is 11. The number of benzene rings is 4. The van der Waals surface area contributed by atoms with E-state index in [0.29, 0.717) is 39.7 Å². The summed E-state index contributed by atoms with van der Waals surface area (Å²) < 4.78 is 5.24. The Bertz CT molecular complexity index is 1590. The fourth-order valence-corrected chi connectivity index (χ4v) is 5.17. The van der Waals surface area contributed by atoms with E-state index in [1.54, 1.807) is 92.0 Å². The van der Waals surface area contributed by atoms with Crippen molar-refractivity contribution in [2.45, 2.75) is 23.5 Å². The number of nitrogens with one attached hydrogen (secondary N) is 3. The van der Waals surface area contributed by atoms with E-state index < -0.39 is 11.8 Å². The third-order valence-corrected chi connectivity index (χ3v) is 7.65. The van der Waals surface area contributed by atoms with Crippen LogP contribution in [0.15, 0.2) is 114 Å². The van der Waals surface area contributed by atoms with Crippen LogP contribution in [0.25, 0.3) is 6.08 Å². The Balaban J connectivity index is 1.49. The second kappa shape index (κ2) is 14.9. The summed E-state index contributed by atoms with van der Waals surface area (Å²) in [5.41, 5.74) is 2.28. The molecule has 0 fully saturated rings. The zero-order valence-electron chi connectivity index (χ0n) is 23.1. The van der Waals surface area contributed by atoms with Crippen LogP contribution >= 0.6 is 23.4 Å². The molecule has 4 aromatic rings. The third kappa shape index (κ3) is 8.73. The lowest BCUT2D eigenvalue weighted by Gasteiger charge is -2.16. The van der Waals surface area contributed by atoms with E-state index in [4.69, 9.17) is 16.3 Å². The molecule has 3 N–H and O–H groups in total. The van der Waals surface area contributed by atoms with Gasteiger partial charge in [0.05, 0.1) is 12.4 Å². The molecule has 7 nitrogen and oxygen atoms in total. The van der Waals surface area contributed by atoms with Gasteiger partial charge in [0, 0.05) is 32.9 Å². The van der Waals surface area contributed by atoms with Gasteiger partial charge in [0.15, 0.2) is 0 Å². The standard InChI is InChI=1S/C33H30ClN3O4S/c1-3-30(33(40)36-25-14-8-16-27(20-25)41-2)42-28-17-9-15-26(21-28)35-32(39)29(19-22-10-7-13-24(34)18-22)37-31(38)23-11-5-4-6-12-23/h4-21,30H,3H2,1-2H3,(H,35,39)(H,36,40)(H,37,38)/b29-19-. The van der Waals surface area contributed by atoms with E-state index in [2.05, 4.69) is 16.0 Å². The SMILES string of the molecule is CCC(Sc1cccc(NC(=O)/C(=C/c2cccc(Cl)c2)NC(=O)c2ccccc2)c1)C(=O)Nc1cccc(OC)c1. The number of carbonyl (C=O) groups excluding carboxylic acids is 3. The molecule has 4 rings (SSSR count). The van der Waals surface area contributed by atoms with E-state index in [1.165, 1.54) is 11.8 Å². The Kier molecular flexibility index (Phi) is 10.8. The zero-order valence-corrected chi connectivity index (χ0v) is 24.7. The Morgan fingerprint density at radius 3 is 2.29 bits per heavy atom. The molecule has 0 spiro atoms. The number of hydrogen-bond acceptors (Lipinski definition) is 5. The van der Waals surface area contributed by atoms with Gasteiger partial charge in [0.2, 0.25) is 5.91 Å². The molecule has 42 heavy (non-hydrogen) atoms. The molecule has 0 aromatic heterocycles. The Hall–Kier alpha value is -4.53. The number of ether oxygens (including phenoxy) is 1. The van der Waals surface area contributed by atoms with Crippen molar-refractivity contribution in [2.75, 3.05) is 17.7 Å². The first-order valence-electron chi connectivity index (χ1n) is 13.2. The molecule has 4 aromatic carbocycles. The molecule has 1 unspecified atom stereocenters. The van der Waals surface area contributed by atoms with Crippen molar-refractivity contribution >= 4 is 58.5 Å². The molecule has 3 amide bonds. The molecule has 0 saturated heterocycles. The number of carbonyl (C=O) groups is 3. The van der Waals surface area contributed by atoms with Crippen molar-refractivity contribution in [3.05, 3.63) is 125 Å². The van der Waals surface area contributed by atoms with Crippen LogP contribution in [0.2, 0.25) is 5.02 Å². The first-order valence-corrected chi connectivity index (χ1v) is 14.5. The average Bonchev–Trinajstić information content (AvgIpc) is 3.00. The van der Waals surface area contributed by atoms with Crippen LogP contribution in [-0.2, 0) is 9.59 Å². The lowest BCUT2D eigenvalue weighted by molar-refractivity contribution is -0.116. The Labute approximate surface area is 254 Å². The molecule has 0 aliphatic rings. The van der Waals surface area contributed by atoms with Crippen molar-refractivity contribution in [3.8, 4) is 5.75 Å².